The first-order valence-electron chi connectivity index (χ1n) is 7.56. The van der Waals surface area contributed by atoms with Crippen LogP contribution >= 0.6 is 0 Å². The summed E-state index contributed by atoms with van der Waals surface area (Å²) in [5, 5.41) is 16.9. The molecule has 0 bridgehead atoms. The number of benzene rings is 2. The van der Waals surface area contributed by atoms with Gasteiger partial charge in [0.15, 0.2) is 0 Å². The smallest absolute Gasteiger partial charge is 0.293 e. The van der Waals surface area contributed by atoms with Crippen molar-refractivity contribution in [1.29, 1.82) is 0 Å². The van der Waals surface area contributed by atoms with E-state index in [1.807, 2.05) is 0 Å². The Bertz CT molecular complexity index is 819. The van der Waals surface area contributed by atoms with Gasteiger partial charge in [-0.05, 0) is 49.6 Å². The molecule has 124 valence electrons. The van der Waals surface area contributed by atoms with Crippen LogP contribution in [-0.2, 0) is 0 Å². The molecule has 1 amide bonds. The number of carbonyl (C=O) groups is 1. The molecule has 6 nitrogen and oxygen atoms in total. The highest BCUT2D eigenvalue weighted by Crippen LogP contribution is 2.31. The summed E-state index contributed by atoms with van der Waals surface area (Å²) in [6.45, 7) is 1.74. The number of nitro groups is 1. The first kappa shape index (κ1) is 15.9. The molecule has 1 aliphatic rings. The molecular formula is C17H16FN3O3. The number of halogens is 1. The monoisotopic (exact) mass is 329 g/mol. The van der Waals surface area contributed by atoms with E-state index in [4.69, 9.17) is 0 Å². The first-order chi connectivity index (χ1) is 11.4. The molecule has 3 rings (SSSR count). The fourth-order valence-corrected chi connectivity index (χ4v) is 2.32. The van der Waals surface area contributed by atoms with Gasteiger partial charge in [-0.1, -0.05) is 6.07 Å². The zero-order valence-electron chi connectivity index (χ0n) is 13.0. The van der Waals surface area contributed by atoms with E-state index >= 15 is 0 Å². The Morgan fingerprint density at radius 3 is 2.62 bits per heavy atom. The van der Waals surface area contributed by atoms with Crippen LogP contribution in [0.5, 0.6) is 0 Å². The van der Waals surface area contributed by atoms with Crippen LogP contribution in [0.4, 0.5) is 21.5 Å². The van der Waals surface area contributed by atoms with Gasteiger partial charge >= 0.3 is 0 Å². The van der Waals surface area contributed by atoms with E-state index < -0.39 is 16.6 Å². The van der Waals surface area contributed by atoms with Crippen molar-refractivity contribution in [2.45, 2.75) is 25.8 Å². The van der Waals surface area contributed by atoms with Crippen molar-refractivity contribution in [2.75, 3.05) is 10.6 Å². The maximum atomic E-state index is 13.3. The number of hydrogen-bond acceptors (Lipinski definition) is 4. The lowest BCUT2D eigenvalue weighted by Gasteiger charge is -2.10. The fraction of sp³-hybridized carbons (Fsp3) is 0.235. The lowest BCUT2D eigenvalue weighted by Crippen LogP contribution is -2.14. The number of nitrogens with one attached hydrogen (secondary N) is 2. The van der Waals surface area contributed by atoms with Crippen LogP contribution in [0.3, 0.4) is 0 Å². The Morgan fingerprint density at radius 1 is 1.21 bits per heavy atom. The lowest BCUT2D eigenvalue weighted by molar-refractivity contribution is -0.384. The molecule has 2 aromatic carbocycles. The van der Waals surface area contributed by atoms with E-state index in [1.54, 1.807) is 13.0 Å². The first-order valence-corrected chi connectivity index (χ1v) is 7.56. The number of nitro benzene ring substituents is 1. The van der Waals surface area contributed by atoms with E-state index in [2.05, 4.69) is 10.6 Å². The van der Waals surface area contributed by atoms with Gasteiger partial charge < -0.3 is 10.6 Å². The second-order valence-corrected chi connectivity index (χ2v) is 5.82. The van der Waals surface area contributed by atoms with Gasteiger partial charge in [0.25, 0.3) is 11.6 Å². The summed E-state index contributed by atoms with van der Waals surface area (Å²) in [6.07, 6.45) is 1.97. The standard InChI is InChI=1S/C17H16FN3O3/c1-10-2-4-12(18)9-15(10)20-17(22)11-3-7-14(19-13-5-6-13)16(8-11)21(23)24/h2-4,7-9,13,19H,5-6H2,1H3,(H,20,22). The van der Waals surface area contributed by atoms with E-state index in [9.17, 15) is 19.3 Å². The molecule has 1 fully saturated rings. The summed E-state index contributed by atoms with van der Waals surface area (Å²) in [4.78, 5) is 23.0. The van der Waals surface area contributed by atoms with Crippen LogP contribution in [0.15, 0.2) is 36.4 Å². The summed E-state index contributed by atoms with van der Waals surface area (Å²) in [5.41, 5.74) is 1.44. The van der Waals surface area contributed by atoms with Crippen molar-refractivity contribution >= 4 is 23.0 Å². The van der Waals surface area contributed by atoms with E-state index in [0.29, 0.717) is 16.9 Å². The van der Waals surface area contributed by atoms with Crippen LogP contribution in [0.25, 0.3) is 0 Å². The molecule has 0 atom stereocenters. The van der Waals surface area contributed by atoms with Crippen molar-refractivity contribution in [1.82, 2.24) is 0 Å². The van der Waals surface area contributed by atoms with Gasteiger partial charge in [0.05, 0.1) is 4.92 Å². The molecule has 7 heteroatoms. The Labute approximate surface area is 137 Å². The molecule has 24 heavy (non-hydrogen) atoms. The minimum atomic E-state index is -0.523. The normalized spacial score (nSPS) is 13.4. The van der Waals surface area contributed by atoms with Gasteiger partial charge in [-0.2, -0.15) is 0 Å². The third kappa shape index (κ3) is 3.51. The van der Waals surface area contributed by atoms with Crippen LogP contribution in [0.2, 0.25) is 0 Å². The summed E-state index contributed by atoms with van der Waals surface area (Å²) in [7, 11) is 0. The zero-order valence-corrected chi connectivity index (χ0v) is 13.0. The molecule has 0 aromatic heterocycles. The molecule has 2 aromatic rings. The summed E-state index contributed by atoms with van der Waals surface area (Å²) < 4.78 is 13.3. The van der Waals surface area contributed by atoms with Crippen LogP contribution in [0.1, 0.15) is 28.8 Å². The SMILES string of the molecule is Cc1ccc(F)cc1NC(=O)c1ccc(NC2CC2)c([N+](=O)[O-])c1. The van der Waals surface area contributed by atoms with Crippen LogP contribution in [0, 0.1) is 22.9 Å². The van der Waals surface area contributed by atoms with Crippen molar-refractivity contribution in [3.8, 4) is 0 Å². The zero-order chi connectivity index (χ0) is 17.3. The molecular weight excluding hydrogens is 313 g/mol. The number of amides is 1. The third-order valence-corrected chi connectivity index (χ3v) is 3.84. The van der Waals surface area contributed by atoms with Crippen LogP contribution < -0.4 is 10.6 Å². The predicted molar refractivity (Wildman–Crippen MR) is 88.8 cm³/mol. The van der Waals surface area contributed by atoms with E-state index in [1.165, 1.54) is 30.3 Å². The average Bonchev–Trinajstić information content (AvgIpc) is 3.35. The fourth-order valence-electron chi connectivity index (χ4n) is 2.32. The van der Waals surface area contributed by atoms with Crippen molar-refractivity contribution in [3.05, 3.63) is 63.5 Å². The second-order valence-electron chi connectivity index (χ2n) is 5.82. The third-order valence-electron chi connectivity index (χ3n) is 3.84. The lowest BCUT2D eigenvalue weighted by atomic mass is 10.1. The van der Waals surface area contributed by atoms with E-state index in [0.717, 1.165) is 12.8 Å². The highest BCUT2D eigenvalue weighted by atomic mass is 19.1. The molecule has 0 saturated heterocycles. The maximum Gasteiger partial charge on any atom is 0.293 e. The quantitative estimate of drug-likeness (QED) is 0.644. The summed E-state index contributed by atoms with van der Waals surface area (Å²) >= 11 is 0. The second kappa shape index (κ2) is 6.27. The van der Waals surface area contributed by atoms with Gasteiger partial charge in [0, 0.05) is 23.4 Å². The van der Waals surface area contributed by atoms with Crippen molar-refractivity contribution in [3.63, 3.8) is 0 Å². The highest BCUT2D eigenvalue weighted by Gasteiger charge is 2.25. The predicted octanol–water partition coefficient (Wildman–Crippen LogP) is 3.87. The maximum absolute atomic E-state index is 13.3. The molecule has 0 radical (unpaired) electrons. The number of anilines is 2. The van der Waals surface area contributed by atoms with Gasteiger partial charge in [0.2, 0.25) is 0 Å². The van der Waals surface area contributed by atoms with Gasteiger partial charge in [-0.3, -0.25) is 14.9 Å². The number of aryl methyl sites for hydroxylation is 1. The molecule has 2 N–H and O–H groups in total. The summed E-state index contributed by atoms with van der Waals surface area (Å²) in [6, 6.07) is 8.60. The Hall–Kier alpha value is -2.96. The molecule has 0 spiro atoms. The largest absolute Gasteiger partial charge is 0.377 e. The number of hydrogen-bond donors (Lipinski definition) is 2. The Morgan fingerprint density at radius 2 is 1.96 bits per heavy atom. The molecule has 0 unspecified atom stereocenters. The highest BCUT2D eigenvalue weighted by molar-refractivity contribution is 6.05. The van der Waals surface area contributed by atoms with Crippen molar-refractivity contribution in [2.24, 2.45) is 0 Å². The van der Waals surface area contributed by atoms with Gasteiger partial charge in [-0.25, -0.2) is 4.39 Å². The minimum absolute atomic E-state index is 0.145. The average molecular weight is 329 g/mol. The number of carbonyl (C=O) groups excluding carboxylic acids is 1. The summed E-state index contributed by atoms with van der Waals surface area (Å²) in [5.74, 6) is -0.990. The van der Waals surface area contributed by atoms with Gasteiger partial charge in [-0.15, -0.1) is 0 Å². The Kier molecular flexibility index (Phi) is 4.16. The molecule has 0 heterocycles. The van der Waals surface area contributed by atoms with E-state index in [-0.39, 0.29) is 17.3 Å². The van der Waals surface area contributed by atoms with Crippen LogP contribution in [-0.4, -0.2) is 16.9 Å². The van der Waals surface area contributed by atoms with Crippen molar-refractivity contribution < 1.29 is 14.1 Å². The van der Waals surface area contributed by atoms with Gasteiger partial charge in [0.1, 0.15) is 11.5 Å². The molecule has 1 aliphatic carbocycles. The Balaban J connectivity index is 1.85. The number of rotatable bonds is 5. The minimum Gasteiger partial charge on any atom is -0.377 e. The number of nitrogens with zero attached hydrogens (tertiary/aromatic N) is 1. The molecule has 1 saturated carbocycles. The topological polar surface area (TPSA) is 84.3 Å². The molecule has 0 aliphatic heterocycles.